The molecule has 0 unspecified atom stereocenters. The Balaban J connectivity index is 1.69. The summed E-state index contributed by atoms with van der Waals surface area (Å²) in [5.41, 5.74) is 0.632. The molecule has 0 aliphatic heterocycles. The van der Waals surface area contributed by atoms with Gasteiger partial charge in [-0.3, -0.25) is 10.1 Å². The first-order valence-corrected chi connectivity index (χ1v) is 23.5. The summed E-state index contributed by atoms with van der Waals surface area (Å²) in [6.45, 7) is 7.39. The molecule has 0 aliphatic rings. The molecular weight excluding hydrogens is 699 g/mol. The quantitative estimate of drug-likeness (QED) is 0.0413. The van der Waals surface area contributed by atoms with E-state index in [1.165, 1.54) is 185 Å². The average molecular weight is 782 g/mol. The first-order valence-electron chi connectivity index (χ1n) is 23.5. The molecule has 2 aromatic carbocycles. The third kappa shape index (κ3) is 23.3. The predicted molar refractivity (Wildman–Crippen MR) is 236 cm³/mol. The summed E-state index contributed by atoms with van der Waals surface area (Å²) in [6, 6.07) is 8.11. The van der Waals surface area contributed by atoms with E-state index in [1.807, 2.05) is 19.1 Å². The van der Waals surface area contributed by atoms with Crippen LogP contribution in [0.25, 0.3) is 0 Å². The van der Waals surface area contributed by atoms with Crippen LogP contribution < -0.4 is 14.2 Å². The van der Waals surface area contributed by atoms with E-state index < -0.39 is 4.92 Å². The summed E-state index contributed by atoms with van der Waals surface area (Å²) < 4.78 is 18.4. The van der Waals surface area contributed by atoms with Crippen molar-refractivity contribution in [3.05, 3.63) is 46.0 Å². The van der Waals surface area contributed by atoms with Crippen LogP contribution in [0.15, 0.2) is 30.3 Å². The van der Waals surface area contributed by atoms with Crippen LogP contribution in [-0.4, -0.2) is 23.2 Å². The van der Waals surface area contributed by atoms with Crippen molar-refractivity contribution >= 4 is 5.69 Å². The number of unbranched alkanes of at least 4 members (excludes halogenated alkanes) is 30. The first-order chi connectivity index (χ1) is 27.5. The Morgan fingerprint density at radius 2 is 0.839 bits per heavy atom. The number of benzene rings is 2. The van der Waals surface area contributed by atoms with Crippen molar-refractivity contribution in [1.82, 2.24) is 0 Å². The van der Waals surface area contributed by atoms with E-state index in [-0.39, 0.29) is 22.9 Å². The number of ether oxygens (including phenoxy) is 3. The summed E-state index contributed by atoms with van der Waals surface area (Å²) >= 11 is 0. The second kappa shape index (κ2) is 34.1. The number of phenols is 1. The minimum atomic E-state index is -0.497. The Morgan fingerprint density at radius 1 is 0.482 bits per heavy atom. The van der Waals surface area contributed by atoms with E-state index in [9.17, 15) is 15.2 Å². The van der Waals surface area contributed by atoms with Gasteiger partial charge in [-0.1, -0.05) is 219 Å². The maximum Gasteiger partial charge on any atom is 0.315 e. The van der Waals surface area contributed by atoms with Gasteiger partial charge >= 0.3 is 5.69 Å². The van der Waals surface area contributed by atoms with Gasteiger partial charge in [-0.25, -0.2) is 0 Å². The Labute approximate surface area is 343 Å². The Morgan fingerprint density at radius 3 is 1.21 bits per heavy atom. The lowest BCUT2D eigenvalue weighted by atomic mass is 10.0. The number of hydrogen-bond acceptors (Lipinski definition) is 6. The highest BCUT2D eigenvalue weighted by Gasteiger charge is 2.26. The molecule has 0 saturated carbocycles. The van der Waals surface area contributed by atoms with E-state index in [4.69, 9.17) is 14.2 Å². The molecule has 56 heavy (non-hydrogen) atoms. The number of aromatic hydroxyl groups is 1. The molecule has 1 N–H and O–H groups in total. The Bertz CT molecular complexity index is 1250. The van der Waals surface area contributed by atoms with Crippen LogP contribution in [0.2, 0.25) is 0 Å². The lowest BCUT2D eigenvalue weighted by molar-refractivity contribution is -0.385. The third-order valence-electron chi connectivity index (χ3n) is 11.1. The topological polar surface area (TPSA) is 91.1 Å². The van der Waals surface area contributed by atoms with E-state index in [0.717, 1.165) is 37.7 Å². The highest BCUT2D eigenvalue weighted by molar-refractivity contribution is 5.64. The zero-order valence-corrected chi connectivity index (χ0v) is 36.4. The first kappa shape index (κ1) is 49.2. The third-order valence-corrected chi connectivity index (χ3v) is 11.1. The van der Waals surface area contributed by atoms with Crippen molar-refractivity contribution in [2.24, 2.45) is 0 Å². The van der Waals surface area contributed by atoms with E-state index in [0.29, 0.717) is 24.7 Å². The van der Waals surface area contributed by atoms with Crippen molar-refractivity contribution in [2.75, 3.05) is 13.2 Å². The second-order valence-corrected chi connectivity index (χ2v) is 16.3. The van der Waals surface area contributed by atoms with Crippen LogP contribution in [0.4, 0.5) is 5.69 Å². The van der Waals surface area contributed by atoms with Gasteiger partial charge in [0.05, 0.1) is 18.1 Å². The molecule has 7 heteroatoms. The molecule has 2 rings (SSSR count). The summed E-state index contributed by atoms with van der Waals surface area (Å²) in [6.07, 6.45) is 41.5. The van der Waals surface area contributed by atoms with E-state index in [2.05, 4.69) is 13.8 Å². The molecule has 0 spiro atoms. The fourth-order valence-electron chi connectivity index (χ4n) is 7.57. The number of hydrogen-bond donors (Lipinski definition) is 1. The molecule has 0 bridgehead atoms. The zero-order chi connectivity index (χ0) is 40.3. The van der Waals surface area contributed by atoms with Gasteiger partial charge in [0.15, 0.2) is 17.2 Å². The number of para-hydroxylation sites is 1. The van der Waals surface area contributed by atoms with Gasteiger partial charge in [0.1, 0.15) is 0 Å². The molecular formula is C49H83NO6. The van der Waals surface area contributed by atoms with Crippen LogP contribution in [0.3, 0.4) is 0 Å². The van der Waals surface area contributed by atoms with Crippen LogP contribution >= 0.6 is 0 Å². The minimum Gasteiger partial charge on any atom is -0.504 e. The molecule has 0 radical (unpaired) electrons. The molecule has 320 valence electrons. The largest absolute Gasteiger partial charge is 0.504 e. The molecule has 0 atom stereocenters. The normalized spacial score (nSPS) is 11.3. The van der Waals surface area contributed by atoms with Gasteiger partial charge in [-0.2, -0.15) is 0 Å². The number of nitro benzene ring substituents is 1. The van der Waals surface area contributed by atoms with Gasteiger partial charge in [0, 0.05) is 6.07 Å². The monoisotopic (exact) mass is 782 g/mol. The van der Waals surface area contributed by atoms with Crippen molar-refractivity contribution in [1.29, 1.82) is 0 Å². The number of phenolic OH excluding ortho intramolecular Hbond substituents is 1. The van der Waals surface area contributed by atoms with Gasteiger partial charge in [-0.15, -0.1) is 0 Å². The average Bonchev–Trinajstić information content (AvgIpc) is 3.19. The standard InChI is InChI=1S/C49H83NO6/c1-4-6-8-10-12-14-16-18-20-22-24-26-28-30-32-34-41-54-47-43(3)37-36-38-46(47)56-48-44(50(52)53)39-40-45(51)49(48)55-42-35-33-31-29-27-25-23-21-19-17-15-13-11-9-7-5-2/h36-40,51H,4-35,41-42H2,1-3H3. The van der Waals surface area contributed by atoms with Gasteiger partial charge < -0.3 is 19.3 Å². The number of nitro groups is 1. The van der Waals surface area contributed by atoms with Crippen LogP contribution in [0, 0.1) is 17.0 Å². The molecule has 0 saturated heterocycles. The molecule has 0 heterocycles. The van der Waals surface area contributed by atoms with Crippen LogP contribution in [-0.2, 0) is 0 Å². The molecule has 0 aliphatic carbocycles. The molecule has 2 aromatic rings. The zero-order valence-electron chi connectivity index (χ0n) is 36.4. The van der Waals surface area contributed by atoms with Crippen molar-refractivity contribution in [2.45, 2.75) is 226 Å². The smallest absolute Gasteiger partial charge is 0.315 e. The summed E-state index contributed by atoms with van der Waals surface area (Å²) in [5, 5.41) is 22.8. The number of nitrogens with zero attached hydrogens (tertiary/aromatic N) is 1. The minimum absolute atomic E-state index is 0.00502. The fourth-order valence-corrected chi connectivity index (χ4v) is 7.57. The lowest BCUT2D eigenvalue weighted by Gasteiger charge is -2.17. The van der Waals surface area contributed by atoms with Gasteiger partial charge in [0.2, 0.25) is 5.75 Å². The van der Waals surface area contributed by atoms with Gasteiger partial charge in [-0.05, 0) is 37.5 Å². The number of rotatable bonds is 39. The Kier molecular flexibility index (Phi) is 30.0. The molecule has 7 nitrogen and oxygen atoms in total. The molecule has 0 fully saturated rings. The van der Waals surface area contributed by atoms with Crippen molar-refractivity contribution in [3.63, 3.8) is 0 Å². The van der Waals surface area contributed by atoms with Crippen LogP contribution in [0.5, 0.6) is 28.7 Å². The van der Waals surface area contributed by atoms with E-state index in [1.54, 1.807) is 6.07 Å². The Hall–Kier alpha value is -2.96. The summed E-state index contributed by atoms with van der Waals surface area (Å²) in [4.78, 5) is 11.6. The fraction of sp³-hybridized carbons (Fsp3) is 0.755. The predicted octanol–water partition coefficient (Wildman–Crippen LogP) is 16.7. The second-order valence-electron chi connectivity index (χ2n) is 16.3. The summed E-state index contributed by atoms with van der Waals surface area (Å²) in [7, 11) is 0. The SMILES string of the molecule is CCCCCCCCCCCCCCCCCCOc1c(C)cccc1Oc1c([N+](=O)[O-])ccc(O)c1OCCCCCCCCCCCCCCCCCC. The lowest BCUT2D eigenvalue weighted by Crippen LogP contribution is -2.04. The van der Waals surface area contributed by atoms with Crippen molar-refractivity contribution < 1.29 is 24.2 Å². The maximum absolute atomic E-state index is 12.1. The van der Waals surface area contributed by atoms with Crippen LogP contribution in [0.1, 0.15) is 225 Å². The molecule has 0 amide bonds. The number of aryl methyl sites for hydroxylation is 1. The highest BCUT2D eigenvalue weighted by Crippen LogP contribution is 2.47. The van der Waals surface area contributed by atoms with E-state index >= 15 is 0 Å². The summed E-state index contributed by atoms with van der Waals surface area (Å²) in [5.74, 6) is 0.678. The van der Waals surface area contributed by atoms with Crippen molar-refractivity contribution in [3.8, 4) is 28.7 Å². The molecule has 0 aromatic heterocycles. The highest BCUT2D eigenvalue weighted by atomic mass is 16.6. The van der Waals surface area contributed by atoms with Gasteiger partial charge in [0.25, 0.3) is 5.75 Å². The maximum atomic E-state index is 12.1.